The summed E-state index contributed by atoms with van der Waals surface area (Å²) in [6.45, 7) is 14.1. The lowest BCUT2D eigenvalue weighted by atomic mass is 9.53. The first-order valence-electron chi connectivity index (χ1n) is 14.2. The lowest BCUT2D eigenvalue weighted by Crippen LogP contribution is -2.46. The number of rotatable bonds is 0. The third-order valence-electron chi connectivity index (χ3n) is 11.4. The summed E-state index contributed by atoms with van der Waals surface area (Å²) < 4.78 is 13.8. The maximum absolute atomic E-state index is 13.4. The zero-order valence-electron chi connectivity index (χ0n) is 22.8. The van der Waals surface area contributed by atoms with Crippen LogP contribution >= 0.6 is 0 Å². The van der Waals surface area contributed by atoms with Crippen molar-refractivity contribution in [2.75, 3.05) is 0 Å². The van der Waals surface area contributed by atoms with E-state index in [1.54, 1.807) is 0 Å². The molecule has 2 amide bonds. The van der Waals surface area contributed by atoms with E-state index < -0.39 is 5.92 Å². The highest BCUT2D eigenvalue weighted by atomic mass is 16.5. The van der Waals surface area contributed by atoms with E-state index in [1.165, 1.54) is 18.4 Å². The second-order valence-electron chi connectivity index (χ2n) is 13.7. The van der Waals surface area contributed by atoms with E-state index in [2.05, 4.69) is 77.2 Å². The molecule has 1 N–H and O–H groups in total. The van der Waals surface area contributed by atoms with Crippen molar-refractivity contribution in [2.24, 2.45) is 52.3 Å². The lowest BCUT2D eigenvalue weighted by molar-refractivity contribution is -0.125. The summed E-state index contributed by atoms with van der Waals surface area (Å²) in [5, 5.41) is 2.64. The fraction of sp³-hybridized carbons (Fsp3) is 0.625. The van der Waals surface area contributed by atoms with Gasteiger partial charge in [-0.3, -0.25) is 14.9 Å². The van der Waals surface area contributed by atoms with Crippen molar-refractivity contribution in [3.05, 3.63) is 52.8 Å². The highest BCUT2D eigenvalue weighted by Gasteiger charge is 2.70. The molecular weight excluding hydrogens is 462 g/mol. The van der Waals surface area contributed by atoms with Gasteiger partial charge in [-0.05, 0) is 74.0 Å². The van der Waals surface area contributed by atoms with Crippen molar-refractivity contribution in [1.82, 2.24) is 5.32 Å². The Morgan fingerprint density at radius 1 is 1.00 bits per heavy atom. The molecule has 8 rings (SSSR count). The van der Waals surface area contributed by atoms with E-state index in [-0.39, 0.29) is 46.7 Å². The molecule has 0 radical (unpaired) electrons. The summed E-state index contributed by atoms with van der Waals surface area (Å²) in [5.74, 6) is 2.78. The van der Waals surface area contributed by atoms with Gasteiger partial charge in [0.25, 0.3) is 5.91 Å². The predicted molar refractivity (Wildman–Crippen MR) is 140 cm³/mol. The number of hydrogen-bond donors (Lipinski definition) is 1. The zero-order chi connectivity index (χ0) is 26.0. The van der Waals surface area contributed by atoms with E-state index in [4.69, 9.17) is 9.47 Å². The largest absolute Gasteiger partial charge is 0.493 e. The summed E-state index contributed by atoms with van der Waals surface area (Å²) >= 11 is 0. The quantitative estimate of drug-likeness (QED) is 0.379. The first-order valence-corrected chi connectivity index (χ1v) is 14.2. The van der Waals surface area contributed by atoms with Gasteiger partial charge in [-0.2, -0.15) is 0 Å². The Morgan fingerprint density at radius 2 is 1.73 bits per heavy atom. The molecule has 37 heavy (non-hydrogen) atoms. The summed E-state index contributed by atoms with van der Waals surface area (Å²) in [5.41, 5.74) is 2.86. The summed E-state index contributed by atoms with van der Waals surface area (Å²) in [6, 6.07) is 8.24. The van der Waals surface area contributed by atoms with Crippen molar-refractivity contribution in [2.45, 2.75) is 73.0 Å². The molecule has 4 heterocycles. The fourth-order valence-corrected chi connectivity index (χ4v) is 10.3. The molecule has 11 unspecified atom stereocenters. The van der Waals surface area contributed by atoms with Crippen LogP contribution in [0, 0.1) is 52.3 Å². The van der Waals surface area contributed by atoms with Gasteiger partial charge in [0.2, 0.25) is 5.91 Å². The Morgan fingerprint density at radius 3 is 2.46 bits per heavy atom. The summed E-state index contributed by atoms with van der Waals surface area (Å²) in [6.07, 6.45) is 5.27. The van der Waals surface area contributed by atoms with Crippen LogP contribution in [0.25, 0.3) is 0 Å². The number of hydrogen-bond acceptors (Lipinski definition) is 4. The molecule has 0 spiro atoms. The van der Waals surface area contributed by atoms with Gasteiger partial charge in [0.1, 0.15) is 23.7 Å². The first kappa shape index (κ1) is 23.5. The molecule has 5 heteroatoms. The van der Waals surface area contributed by atoms with Gasteiger partial charge in [0.05, 0.1) is 11.5 Å². The molecule has 196 valence electrons. The Bertz CT molecular complexity index is 1260. The number of fused-ring (bicyclic) bond motifs is 4. The van der Waals surface area contributed by atoms with E-state index in [0.717, 1.165) is 17.1 Å². The Kier molecular flexibility index (Phi) is 4.78. The van der Waals surface area contributed by atoms with Gasteiger partial charge in [-0.1, -0.05) is 51.5 Å². The molecule has 1 aromatic rings. The Balaban J connectivity index is 1.53. The first-order chi connectivity index (χ1) is 17.5. The maximum Gasteiger partial charge on any atom is 0.258 e. The highest BCUT2D eigenvalue weighted by Crippen LogP contribution is 2.71. The molecule has 2 saturated carbocycles. The van der Waals surface area contributed by atoms with Crippen LogP contribution in [0.1, 0.15) is 59.9 Å². The minimum Gasteiger partial charge on any atom is -0.493 e. The number of imide groups is 1. The van der Waals surface area contributed by atoms with Gasteiger partial charge in [0.15, 0.2) is 0 Å². The van der Waals surface area contributed by atoms with Gasteiger partial charge in [-0.25, -0.2) is 0 Å². The molecule has 2 saturated heterocycles. The van der Waals surface area contributed by atoms with Crippen molar-refractivity contribution < 1.29 is 19.1 Å². The number of allylic oxidation sites excluding steroid dienone is 2. The van der Waals surface area contributed by atoms with Crippen LogP contribution in [0.4, 0.5) is 0 Å². The van der Waals surface area contributed by atoms with Crippen LogP contribution in [-0.2, 0) is 20.7 Å². The van der Waals surface area contributed by atoms with Crippen molar-refractivity contribution in [1.29, 1.82) is 0 Å². The molecule has 5 nitrogen and oxygen atoms in total. The Hall–Kier alpha value is -2.56. The standard InChI is InChI=1S/C32H39NO4/c1-15-11-16(2)25-28-23-24(32(25,6)13-15)17(3)14-31(5)18(4)36-27(26(23)31)22-21(29(34)33-30(22)35)12-19-7-9-20(37-28)10-8-19/h7-10,14-16,18,21,23-26,28H,11-13H2,1-6H3,(H,33,34,35)/b27-22-. The smallest absolute Gasteiger partial charge is 0.258 e. The van der Waals surface area contributed by atoms with Crippen LogP contribution in [-0.4, -0.2) is 24.0 Å². The number of benzene rings is 1. The highest BCUT2D eigenvalue weighted by molar-refractivity contribution is 6.15. The van der Waals surface area contributed by atoms with E-state index in [1.807, 2.05) is 0 Å². The molecule has 7 aliphatic rings. The van der Waals surface area contributed by atoms with E-state index >= 15 is 0 Å². The molecule has 1 aromatic carbocycles. The number of carbonyl (C=O) groups excluding carboxylic acids is 2. The average Bonchev–Trinajstić information content (AvgIpc) is 3.32. The predicted octanol–water partition coefficient (Wildman–Crippen LogP) is 5.45. The second-order valence-corrected chi connectivity index (χ2v) is 13.7. The van der Waals surface area contributed by atoms with Crippen LogP contribution in [0.15, 0.2) is 47.2 Å². The topological polar surface area (TPSA) is 64.6 Å². The number of amides is 2. The molecule has 4 fully saturated rings. The van der Waals surface area contributed by atoms with Crippen LogP contribution in [0.5, 0.6) is 5.75 Å². The average molecular weight is 502 g/mol. The summed E-state index contributed by atoms with van der Waals surface area (Å²) in [7, 11) is 0. The molecule has 11 atom stereocenters. The normalized spacial score (nSPS) is 49.6. The molecule has 2 bridgehead atoms. The monoisotopic (exact) mass is 501 g/mol. The molecule has 4 aliphatic heterocycles. The third kappa shape index (κ3) is 2.97. The second kappa shape index (κ2) is 7.51. The van der Waals surface area contributed by atoms with Crippen LogP contribution < -0.4 is 10.1 Å². The van der Waals surface area contributed by atoms with E-state index in [0.29, 0.717) is 35.7 Å². The van der Waals surface area contributed by atoms with Gasteiger partial charge < -0.3 is 9.47 Å². The maximum atomic E-state index is 13.4. The van der Waals surface area contributed by atoms with E-state index in [9.17, 15) is 9.59 Å². The summed E-state index contributed by atoms with van der Waals surface area (Å²) in [4.78, 5) is 26.5. The molecular formula is C32H39NO4. The van der Waals surface area contributed by atoms with Crippen molar-refractivity contribution in [3.8, 4) is 5.75 Å². The SMILES string of the molecule is CC1=CC2(C)C(C)O/C3=C4\C(=O)NC(=O)C4Cc4ccc(cc4)OC4C(C32)C1C1(C)CC(C)CC(C)C41. The number of carbonyl (C=O) groups is 2. The van der Waals surface area contributed by atoms with Crippen molar-refractivity contribution >= 4 is 11.8 Å². The van der Waals surface area contributed by atoms with Gasteiger partial charge in [0, 0.05) is 23.2 Å². The van der Waals surface area contributed by atoms with Crippen LogP contribution in [0.2, 0.25) is 0 Å². The third-order valence-corrected chi connectivity index (χ3v) is 11.4. The minimum absolute atomic E-state index is 0.00297. The van der Waals surface area contributed by atoms with Gasteiger partial charge in [-0.15, -0.1) is 0 Å². The Labute approximate surface area is 220 Å². The minimum atomic E-state index is -0.523. The lowest BCUT2D eigenvalue weighted by Gasteiger charge is -2.49. The van der Waals surface area contributed by atoms with Crippen molar-refractivity contribution in [3.63, 3.8) is 0 Å². The number of ether oxygens (including phenoxy) is 2. The number of nitrogens with one attached hydrogen (secondary N) is 1. The zero-order valence-corrected chi connectivity index (χ0v) is 22.8. The van der Waals surface area contributed by atoms with Crippen LogP contribution in [0.3, 0.4) is 0 Å². The molecule has 0 aromatic heterocycles. The van der Waals surface area contributed by atoms with Gasteiger partial charge >= 0.3 is 0 Å². The molecule has 3 aliphatic carbocycles. The fourth-order valence-electron chi connectivity index (χ4n) is 10.3.